The maximum absolute atomic E-state index is 10.6. The number of rotatable bonds is 7. The van der Waals surface area contributed by atoms with Crippen molar-refractivity contribution in [3.8, 4) is 0 Å². The second-order valence-electron chi connectivity index (χ2n) is 2.63. The molecule has 0 aromatic heterocycles. The standard InChI is InChI=1S/C8H17NO3/c1-3-4-7(8(10)11)9-5-6-12-2/h7,9H,3-6H2,1-2H3,(H,10,11). The molecule has 0 saturated heterocycles. The lowest BCUT2D eigenvalue weighted by Gasteiger charge is -2.12. The van der Waals surface area contributed by atoms with Gasteiger partial charge in [-0.1, -0.05) is 13.3 Å². The number of carboxylic acid groups (broad SMARTS) is 1. The molecule has 0 aliphatic heterocycles. The fourth-order valence-corrected chi connectivity index (χ4v) is 0.937. The molecule has 0 heterocycles. The minimum atomic E-state index is -0.784. The van der Waals surface area contributed by atoms with Crippen LogP contribution in [0.5, 0.6) is 0 Å². The van der Waals surface area contributed by atoms with Crippen LogP contribution in [0.2, 0.25) is 0 Å². The lowest BCUT2D eigenvalue weighted by molar-refractivity contribution is -0.139. The molecule has 0 aromatic carbocycles. The molecule has 1 unspecified atom stereocenters. The van der Waals surface area contributed by atoms with Crippen molar-refractivity contribution >= 4 is 5.97 Å². The van der Waals surface area contributed by atoms with E-state index in [1.54, 1.807) is 7.11 Å². The molecule has 0 aliphatic rings. The zero-order chi connectivity index (χ0) is 9.40. The van der Waals surface area contributed by atoms with Crippen molar-refractivity contribution in [3.05, 3.63) is 0 Å². The van der Waals surface area contributed by atoms with Crippen molar-refractivity contribution in [1.29, 1.82) is 0 Å². The summed E-state index contributed by atoms with van der Waals surface area (Å²) in [7, 11) is 1.59. The Bertz CT molecular complexity index is 127. The second kappa shape index (κ2) is 7.06. The van der Waals surface area contributed by atoms with E-state index in [0.717, 1.165) is 6.42 Å². The van der Waals surface area contributed by atoms with Crippen LogP contribution in [-0.2, 0) is 9.53 Å². The van der Waals surface area contributed by atoms with Crippen LogP contribution in [0.1, 0.15) is 19.8 Å². The highest BCUT2D eigenvalue weighted by Crippen LogP contribution is 1.95. The summed E-state index contributed by atoms with van der Waals surface area (Å²) in [5.74, 6) is -0.784. The smallest absolute Gasteiger partial charge is 0.320 e. The summed E-state index contributed by atoms with van der Waals surface area (Å²) in [6.07, 6.45) is 1.54. The number of hydrogen-bond acceptors (Lipinski definition) is 3. The third kappa shape index (κ3) is 5.09. The highest BCUT2D eigenvalue weighted by Gasteiger charge is 2.14. The zero-order valence-electron chi connectivity index (χ0n) is 7.67. The van der Waals surface area contributed by atoms with E-state index in [4.69, 9.17) is 9.84 Å². The fourth-order valence-electron chi connectivity index (χ4n) is 0.937. The molecule has 1 atom stereocenters. The molecule has 4 heteroatoms. The van der Waals surface area contributed by atoms with Gasteiger partial charge < -0.3 is 15.2 Å². The Kier molecular flexibility index (Phi) is 6.70. The van der Waals surface area contributed by atoms with Gasteiger partial charge in [0.25, 0.3) is 0 Å². The molecule has 0 radical (unpaired) electrons. The number of carbonyl (C=O) groups is 1. The van der Waals surface area contributed by atoms with Crippen LogP contribution in [0.25, 0.3) is 0 Å². The van der Waals surface area contributed by atoms with Crippen molar-refractivity contribution in [2.75, 3.05) is 20.3 Å². The molecular formula is C8H17NO3. The van der Waals surface area contributed by atoms with Gasteiger partial charge in [0.1, 0.15) is 6.04 Å². The highest BCUT2D eigenvalue weighted by molar-refractivity contribution is 5.73. The molecule has 0 rings (SSSR count). The van der Waals surface area contributed by atoms with Gasteiger partial charge in [0.15, 0.2) is 0 Å². The van der Waals surface area contributed by atoms with Gasteiger partial charge in [-0.05, 0) is 6.42 Å². The van der Waals surface area contributed by atoms with Gasteiger partial charge in [-0.2, -0.15) is 0 Å². The molecular weight excluding hydrogens is 158 g/mol. The van der Waals surface area contributed by atoms with Gasteiger partial charge in [-0.25, -0.2) is 0 Å². The average Bonchev–Trinajstić information content (AvgIpc) is 2.03. The summed E-state index contributed by atoms with van der Waals surface area (Å²) in [6.45, 7) is 3.11. The Labute approximate surface area is 72.9 Å². The Morgan fingerprint density at radius 3 is 2.75 bits per heavy atom. The molecule has 0 fully saturated rings. The Morgan fingerprint density at radius 1 is 1.67 bits per heavy atom. The molecule has 4 nitrogen and oxygen atoms in total. The van der Waals surface area contributed by atoms with Crippen molar-refractivity contribution in [2.45, 2.75) is 25.8 Å². The lowest BCUT2D eigenvalue weighted by Crippen LogP contribution is -2.38. The van der Waals surface area contributed by atoms with Gasteiger partial charge in [0, 0.05) is 13.7 Å². The van der Waals surface area contributed by atoms with E-state index >= 15 is 0 Å². The highest BCUT2D eigenvalue weighted by atomic mass is 16.5. The normalized spacial score (nSPS) is 12.8. The Hall–Kier alpha value is -0.610. The average molecular weight is 175 g/mol. The number of methoxy groups -OCH3 is 1. The maximum Gasteiger partial charge on any atom is 0.320 e. The third-order valence-corrected chi connectivity index (χ3v) is 1.57. The topological polar surface area (TPSA) is 58.6 Å². The first kappa shape index (κ1) is 11.4. The summed E-state index contributed by atoms with van der Waals surface area (Å²) < 4.78 is 4.79. The predicted octanol–water partition coefficient (Wildman–Crippen LogP) is 0.476. The van der Waals surface area contributed by atoms with Crippen LogP contribution in [0, 0.1) is 0 Å². The quantitative estimate of drug-likeness (QED) is 0.552. The van der Waals surface area contributed by atoms with E-state index in [1.807, 2.05) is 6.92 Å². The van der Waals surface area contributed by atoms with Gasteiger partial charge >= 0.3 is 5.97 Å². The molecule has 0 spiro atoms. The first-order chi connectivity index (χ1) is 5.72. The van der Waals surface area contributed by atoms with E-state index in [-0.39, 0.29) is 0 Å². The summed E-state index contributed by atoms with van der Waals surface area (Å²) >= 11 is 0. The van der Waals surface area contributed by atoms with Crippen LogP contribution in [0.4, 0.5) is 0 Å². The van der Waals surface area contributed by atoms with Gasteiger partial charge in [-0.3, -0.25) is 4.79 Å². The summed E-state index contributed by atoms with van der Waals surface area (Å²) in [4.78, 5) is 10.6. The van der Waals surface area contributed by atoms with E-state index in [0.29, 0.717) is 19.6 Å². The monoisotopic (exact) mass is 175 g/mol. The molecule has 2 N–H and O–H groups in total. The van der Waals surface area contributed by atoms with Gasteiger partial charge in [0.2, 0.25) is 0 Å². The molecule has 0 bridgehead atoms. The van der Waals surface area contributed by atoms with Crippen molar-refractivity contribution < 1.29 is 14.6 Å². The Morgan fingerprint density at radius 2 is 2.33 bits per heavy atom. The van der Waals surface area contributed by atoms with Gasteiger partial charge in [-0.15, -0.1) is 0 Å². The second-order valence-corrected chi connectivity index (χ2v) is 2.63. The van der Waals surface area contributed by atoms with Crippen LogP contribution < -0.4 is 5.32 Å². The van der Waals surface area contributed by atoms with Gasteiger partial charge in [0.05, 0.1) is 6.61 Å². The van der Waals surface area contributed by atoms with Crippen molar-refractivity contribution in [3.63, 3.8) is 0 Å². The van der Waals surface area contributed by atoms with Crippen molar-refractivity contribution in [1.82, 2.24) is 5.32 Å². The maximum atomic E-state index is 10.6. The minimum absolute atomic E-state index is 0.426. The molecule has 0 saturated carbocycles. The van der Waals surface area contributed by atoms with E-state index in [1.165, 1.54) is 0 Å². The molecule has 0 aliphatic carbocycles. The van der Waals surface area contributed by atoms with Crippen LogP contribution in [0.3, 0.4) is 0 Å². The van der Waals surface area contributed by atoms with Crippen molar-refractivity contribution in [2.24, 2.45) is 0 Å². The van der Waals surface area contributed by atoms with Crippen LogP contribution >= 0.6 is 0 Å². The minimum Gasteiger partial charge on any atom is -0.480 e. The van der Waals surface area contributed by atoms with Crippen LogP contribution in [0.15, 0.2) is 0 Å². The fraction of sp³-hybridized carbons (Fsp3) is 0.875. The number of ether oxygens (including phenoxy) is 1. The first-order valence-corrected chi connectivity index (χ1v) is 4.17. The molecule has 12 heavy (non-hydrogen) atoms. The Balaban J connectivity index is 3.56. The summed E-state index contributed by atoms with van der Waals surface area (Å²) in [5.41, 5.74) is 0. The van der Waals surface area contributed by atoms with E-state index in [9.17, 15) is 4.79 Å². The first-order valence-electron chi connectivity index (χ1n) is 4.17. The number of nitrogens with one attached hydrogen (secondary N) is 1. The molecule has 0 amide bonds. The molecule has 72 valence electrons. The summed E-state index contributed by atoms with van der Waals surface area (Å²) in [6, 6.07) is -0.426. The predicted molar refractivity (Wildman–Crippen MR) is 46.2 cm³/mol. The largest absolute Gasteiger partial charge is 0.480 e. The molecule has 0 aromatic rings. The number of hydrogen-bond donors (Lipinski definition) is 2. The number of aliphatic carboxylic acids is 1. The SMILES string of the molecule is CCCC(NCCOC)C(=O)O. The van der Waals surface area contributed by atoms with E-state index in [2.05, 4.69) is 5.32 Å². The number of carboxylic acids is 1. The van der Waals surface area contributed by atoms with Crippen LogP contribution in [-0.4, -0.2) is 37.4 Å². The van der Waals surface area contributed by atoms with E-state index < -0.39 is 12.0 Å². The zero-order valence-corrected chi connectivity index (χ0v) is 7.67. The third-order valence-electron chi connectivity index (χ3n) is 1.57. The lowest BCUT2D eigenvalue weighted by atomic mass is 10.2. The summed E-state index contributed by atoms with van der Waals surface area (Å²) in [5, 5.41) is 11.6.